The van der Waals surface area contributed by atoms with Crippen LogP contribution in [-0.2, 0) is 0 Å². The number of aliphatic hydroxyl groups excluding tert-OH is 2. The zero-order chi connectivity index (χ0) is 19.1. The maximum Gasteiger partial charge on any atom is 0.0882 e. The highest BCUT2D eigenvalue weighted by atomic mass is 16.3. The van der Waals surface area contributed by atoms with Gasteiger partial charge in [0.1, 0.15) is 0 Å². The molecule has 0 amide bonds. The van der Waals surface area contributed by atoms with Crippen molar-refractivity contribution in [1.82, 2.24) is 4.98 Å². The molecule has 0 saturated carbocycles. The molecule has 0 aliphatic heterocycles. The van der Waals surface area contributed by atoms with Gasteiger partial charge in [0.05, 0.1) is 12.7 Å². The van der Waals surface area contributed by atoms with Crippen LogP contribution in [0.4, 0.5) is 0 Å². The van der Waals surface area contributed by atoms with Gasteiger partial charge in [-0.05, 0) is 24.5 Å². The average Bonchev–Trinajstić information content (AvgIpc) is 3.20. The number of unbranched alkanes of at least 4 members (excludes halogenated alkanes) is 10. The van der Waals surface area contributed by atoms with E-state index in [9.17, 15) is 10.2 Å². The van der Waals surface area contributed by atoms with E-state index in [1.807, 2.05) is 18.5 Å². The summed E-state index contributed by atoms with van der Waals surface area (Å²) >= 11 is 0. The minimum atomic E-state index is -0.579. The molecule has 0 aliphatic carbocycles. The van der Waals surface area contributed by atoms with Crippen molar-refractivity contribution in [3.63, 3.8) is 0 Å². The Kier molecular flexibility index (Phi) is 12.8. The van der Waals surface area contributed by atoms with E-state index in [1.165, 1.54) is 64.2 Å². The maximum atomic E-state index is 11.0. The van der Waals surface area contributed by atoms with Gasteiger partial charge in [0, 0.05) is 17.8 Å². The summed E-state index contributed by atoms with van der Waals surface area (Å²) < 4.78 is 0. The molecule has 0 aliphatic rings. The van der Waals surface area contributed by atoms with Crippen LogP contribution in [0.25, 0.3) is 0 Å². The Labute approximate surface area is 161 Å². The van der Waals surface area contributed by atoms with Crippen LogP contribution < -0.4 is 0 Å². The molecule has 0 saturated heterocycles. The lowest BCUT2D eigenvalue weighted by molar-refractivity contribution is -0.0353. The Bertz CT molecular complexity index is 400. The second-order valence-corrected chi connectivity index (χ2v) is 8.10. The Morgan fingerprint density at radius 2 is 1.35 bits per heavy atom. The van der Waals surface area contributed by atoms with Crippen molar-refractivity contribution >= 4 is 0 Å². The number of aliphatic hydroxyl groups is 2. The monoisotopic (exact) mass is 365 g/mol. The Morgan fingerprint density at radius 1 is 0.846 bits per heavy atom. The lowest BCUT2D eigenvalue weighted by atomic mass is 9.72. The molecule has 152 valence electrons. The van der Waals surface area contributed by atoms with Gasteiger partial charge in [-0.3, -0.25) is 0 Å². The first-order valence-corrected chi connectivity index (χ1v) is 11.1. The summed E-state index contributed by atoms with van der Waals surface area (Å²) in [5.74, 6) is 0. The van der Waals surface area contributed by atoms with Gasteiger partial charge in [0.25, 0.3) is 0 Å². The predicted molar refractivity (Wildman–Crippen MR) is 111 cm³/mol. The van der Waals surface area contributed by atoms with Crippen LogP contribution in [0.15, 0.2) is 18.5 Å². The number of aromatic nitrogens is 1. The van der Waals surface area contributed by atoms with Gasteiger partial charge in [-0.15, -0.1) is 0 Å². The van der Waals surface area contributed by atoms with Crippen LogP contribution in [0.5, 0.6) is 0 Å². The summed E-state index contributed by atoms with van der Waals surface area (Å²) in [4.78, 5) is 3.05. The molecule has 1 heterocycles. The molecule has 3 nitrogen and oxygen atoms in total. The van der Waals surface area contributed by atoms with Crippen molar-refractivity contribution in [2.45, 2.75) is 110 Å². The average molecular weight is 366 g/mol. The number of hydrogen-bond donors (Lipinski definition) is 3. The van der Waals surface area contributed by atoms with Crippen molar-refractivity contribution in [2.24, 2.45) is 5.41 Å². The fraction of sp³-hybridized carbons (Fsp3) is 0.826. The number of hydrogen-bond acceptors (Lipinski definition) is 2. The van der Waals surface area contributed by atoms with Gasteiger partial charge < -0.3 is 15.2 Å². The Hall–Kier alpha value is -0.800. The first-order chi connectivity index (χ1) is 12.7. The summed E-state index contributed by atoms with van der Waals surface area (Å²) in [5.41, 5.74) is 0.522. The molecule has 0 spiro atoms. The molecule has 0 aromatic carbocycles. The van der Waals surface area contributed by atoms with Crippen LogP contribution in [0, 0.1) is 5.41 Å². The van der Waals surface area contributed by atoms with Crippen molar-refractivity contribution in [3.05, 3.63) is 24.0 Å². The predicted octanol–water partition coefficient (Wildman–Crippen LogP) is 6.53. The molecule has 0 radical (unpaired) electrons. The fourth-order valence-electron chi connectivity index (χ4n) is 4.02. The van der Waals surface area contributed by atoms with Crippen LogP contribution in [0.1, 0.15) is 115 Å². The van der Waals surface area contributed by atoms with E-state index >= 15 is 0 Å². The molecule has 3 heteroatoms. The van der Waals surface area contributed by atoms with Crippen molar-refractivity contribution in [1.29, 1.82) is 0 Å². The first-order valence-electron chi connectivity index (χ1n) is 11.1. The molecule has 1 unspecified atom stereocenters. The minimum absolute atomic E-state index is 0.0727. The lowest BCUT2D eigenvalue weighted by Crippen LogP contribution is -2.33. The van der Waals surface area contributed by atoms with Crippen molar-refractivity contribution in [2.75, 3.05) is 6.61 Å². The summed E-state index contributed by atoms with van der Waals surface area (Å²) in [6.07, 6.45) is 19.9. The highest BCUT2D eigenvalue weighted by Gasteiger charge is 2.37. The lowest BCUT2D eigenvalue weighted by Gasteiger charge is -2.37. The molecule has 0 bridgehead atoms. The van der Waals surface area contributed by atoms with E-state index in [0.29, 0.717) is 0 Å². The van der Waals surface area contributed by atoms with E-state index in [4.69, 9.17) is 0 Å². The fourth-order valence-corrected chi connectivity index (χ4v) is 4.02. The van der Waals surface area contributed by atoms with Crippen LogP contribution >= 0.6 is 0 Å². The van der Waals surface area contributed by atoms with Gasteiger partial charge >= 0.3 is 0 Å². The van der Waals surface area contributed by atoms with Crippen molar-refractivity contribution < 1.29 is 10.2 Å². The molecular weight excluding hydrogens is 322 g/mol. The summed E-state index contributed by atoms with van der Waals surface area (Å²) in [7, 11) is 0. The third-order valence-corrected chi connectivity index (χ3v) is 5.89. The first kappa shape index (κ1) is 23.2. The van der Waals surface area contributed by atoms with Crippen LogP contribution in [-0.4, -0.2) is 21.8 Å². The van der Waals surface area contributed by atoms with Gasteiger partial charge in [-0.2, -0.15) is 0 Å². The summed E-state index contributed by atoms with van der Waals surface area (Å²) in [6, 6.07) is 1.94. The highest BCUT2D eigenvalue weighted by molar-refractivity contribution is 5.15. The van der Waals surface area contributed by atoms with E-state index in [0.717, 1.165) is 31.2 Å². The normalized spacial score (nSPS) is 13.2. The van der Waals surface area contributed by atoms with Gasteiger partial charge in [-0.1, -0.05) is 90.9 Å². The van der Waals surface area contributed by atoms with E-state index < -0.39 is 11.5 Å². The zero-order valence-electron chi connectivity index (χ0n) is 17.3. The third-order valence-electron chi connectivity index (χ3n) is 5.89. The van der Waals surface area contributed by atoms with Crippen molar-refractivity contribution in [3.8, 4) is 0 Å². The molecule has 0 fully saturated rings. The smallest absolute Gasteiger partial charge is 0.0882 e. The van der Waals surface area contributed by atoms with Gasteiger partial charge in [-0.25, -0.2) is 0 Å². The molecule has 1 rings (SSSR count). The summed E-state index contributed by atoms with van der Waals surface area (Å²) in [6.45, 7) is 4.55. The topological polar surface area (TPSA) is 56.2 Å². The Balaban J connectivity index is 2.56. The second kappa shape index (κ2) is 14.3. The number of rotatable bonds is 17. The SMILES string of the molecule is CCCCCCCCC(CO)(CCCCCCCC)C(O)c1cc[nH]c1. The second-order valence-electron chi connectivity index (χ2n) is 8.10. The minimum Gasteiger partial charge on any atom is -0.396 e. The molecule has 3 N–H and O–H groups in total. The molecule has 1 aromatic heterocycles. The van der Waals surface area contributed by atoms with Gasteiger partial charge in [0.15, 0.2) is 0 Å². The number of H-pyrrole nitrogens is 1. The van der Waals surface area contributed by atoms with Gasteiger partial charge in [0.2, 0.25) is 0 Å². The molecule has 1 aromatic rings. The maximum absolute atomic E-state index is 11.0. The summed E-state index contributed by atoms with van der Waals surface area (Å²) in [5, 5.41) is 21.3. The van der Waals surface area contributed by atoms with E-state index in [-0.39, 0.29) is 6.61 Å². The van der Waals surface area contributed by atoms with Crippen LogP contribution in [0.3, 0.4) is 0 Å². The molecule has 26 heavy (non-hydrogen) atoms. The molecular formula is C23H43NO2. The Morgan fingerprint density at radius 3 is 1.77 bits per heavy atom. The largest absolute Gasteiger partial charge is 0.396 e. The van der Waals surface area contributed by atoms with Crippen LogP contribution in [0.2, 0.25) is 0 Å². The molecule has 1 atom stereocenters. The quantitative estimate of drug-likeness (QED) is 0.275. The third kappa shape index (κ3) is 8.26. The zero-order valence-corrected chi connectivity index (χ0v) is 17.3. The number of aromatic amines is 1. The highest BCUT2D eigenvalue weighted by Crippen LogP contribution is 2.43. The van der Waals surface area contributed by atoms with E-state index in [1.54, 1.807) is 0 Å². The van der Waals surface area contributed by atoms with E-state index in [2.05, 4.69) is 18.8 Å². The number of nitrogens with one attached hydrogen (secondary N) is 1. The standard InChI is InChI=1S/C23H43NO2/c1-3-5-7-9-11-13-16-23(20-25,17-14-12-10-8-6-4-2)22(26)21-15-18-24-19-21/h15,18-19,22,24-26H,3-14,16-17,20H2,1-2H3.